The first-order valence-corrected chi connectivity index (χ1v) is 9.16. The van der Waals surface area contributed by atoms with Crippen LogP contribution in [0.2, 0.25) is 0 Å². The Kier molecular flexibility index (Phi) is 4.52. The molecule has 0 fully saturated rings. The second-order valence-corrected chi connectivity index (χ2v) is 7.06. The Balaban J connectivity index is 1.42. The summed E-state index contributed by atoms with van der Waals surface area (Å²) in [6.45, 7) is 1.86. The van der Waals surface area contributed by atoms with E-state index in [-0.39, 0.29) is 23.6 Å². The quantitative estimate of drug-likeness (QED) is 0.519. The van der Waals surface area contributed by atoms with E-state index in [1.165, 1.54) is 17.6 Å². The zero-order valence-corrected chi connectivity index (χ0v) is 15.2. The molecule has 0 aliphatic carbocycles. The van der Waals surface area contributed by atoms with Crippen molar-refractivity contribution in [2.45, 2.75) is 13.0 Å². The Hall–Kier alpha value is -3.32. The highest BCUT2D eigenvalue weighted by molar-refractivity contribution is 7.18. The van der Waals surface area contributed by atoms with Crippen molar-refractivity contribution in [1.82, 2.24) is 5.32 Å². The fourth-order valence-corrected chi connectivity index (χ4v) is 3.47. The lowest BCUT2D eigenvalue weighted by Gasteiger charge is -2.10. The van der Waals surface area contributed by atoms with Gasteiger partial charge in [-0.3, -0.25) is 9.59 Å². The topological polar surface area (TPSA) is 84.5 Å². The first kappa shape index (κ1) is 17.1. The van der Waals surface area contributed by atoms with E-state index in [1.807, 2.05) is 37.3 Å². The molecule has 136 valence electrons. The largest absolute Gasteiger partial charge is 0.459 e. The molecule has 4 aromatic rings. The van der Waals surface area contributed by atoms with Gasteiger partial charge in [0.2, 0.25) is 0 Å². The maximum absolute atomic E-state index is 12.5. The van der Waals surface area contributed by atoms with Crippen LogP contribution in [0.4, 0.5) is 5.00 Å². The molecule has 3 heterocycles. The van der Waals surface area contributed by atoms with Crippen molar-refractivity contribution in [2.24, 2.45) is 0 Å². The van der Waals surface area contributed by atoms with Gasteiger partial charge in [-0.2, -0.15) is 0 Å². The van der Waals surface area contributed by atoms with Gasteiger partial charge in [-0.1, -0.05) is 18.2 Å². The standard InChI is InChI=1S/C20H16N2O4S/c1-12(16-11-13-5-2-3-6-14(13)26-16)21-20(24)17-8-9-18(27-17)22-19(23)15-7-4-10-25-15/h2-12H,1H3,(H,21,24)(H,22,23)/t12-/m0/s1. The average Bonchev–Trinajstić information content (AvgIpc) is 3.40. The predicted molar refractivity (Wildman–Crippen MR) is 103 cm³/mol. The third-order valence-electron chi connectivity index (χ3n) is 4.03. The van der Waals surface area contributed by atoms with Crippen molar-refractivity contribution in [3.63, 3.8) is 0 Å². The minimum Gasteiger partial charge on any atom is -0.459 e. The molecule has 1 atom stereocenters. The number of nitrogens with one attached hydrogen (secondary N) is 2. The zero-order valence-electron chi connectivity index (χ0n) is 14.4. The summed E-state index contributed by atoms with van der Waals surface area (Å²) in [7, 11) is 0. The summed E-state index contributed by atoms with van der Waals surface area (Å²) < 4.78 is 10.8. The molecule has 2 amide bonds. The van der Waals surface area contributed by atoms with Gasteiger partial charge in [0.15, 0.2) is 5.76 Å². The molecule has 4 rings (SSSR count). The van der Waals surface area contributed by atoms with Gasteiger partial charge in [-0.15, -0.1) is 11.3 Å². The highest BCUT2D eigenvalue weighted by Gasteiger charge is 2.17. The lowest BCUT2D eigenvalue weighted by molar-refractivity contribution is 0.0938. The van der Waals surface area contributed by atoms with Gasteiger partial charge in [0.25, 0.3) is 11.8 Å². The minimum absolute atomic E-state index is 0.216. The van der Waals surface area contributed by atoms with Crippen LogP contribution in [-0.2, 0) is 0 Å². The Bertz CT molecular complexity index is 1060. The maximum Gasteiger partial charge on any atom is 0.291 e. The van der Waals surface area contributed by atoms with E-state index in [2.05, 4.69) is 10.6 Å². The van der Waals surface area contributed by atoms with Gasteiger partial charge in [-0.25, -0.2) is 0 Å². The Morgan fingerprint density at radius 2 is 1.89 bits per heavy atom. The number of rotatable bonds is 5. The first-order chi connectivity index (χ1) is 13.1. The fourth-order valence-electron chi connectivity index (χ4n) is 2.66. The van der Waals surface area contributed by atoms with Gasteiger partial charge < -0.3 is 19.5 Å². The molecule has 0 aliphatic heterocycles. The predicted octanol–water partition coefficient (Wildman–Crippen LogP) is 4.83. The molecule has 27 heavy (non-hydrogen) atoms. The molecule has 0 spiro atoms. The van der Waals surface area contributed by atoms with Crippen LogP contribution in [0.1, 0.15) is 39.0 Å². The summed E-state index contributed by atoms with van der Waals surface area (Å²) in [5.74, 6) is 0.316. The van der Waals surface area contributed by atoms with Crippen LogP contribution in [0.25, 0.3) is 11.0 Å². The molecule has 0 unspecified atom stereocenters. The summed E-state index contributed by atoms with van der Waals surface area (Å²) >= 11 is 1.19. The molecule has 0 saturated heterocycles. The summed E-state index contributed by atoms with van der Waals surface area (Å²) in [6, 6.07) is 15.9. The van der Waals surface area contributed by atoms with Crippen LogP contribution in [0.15, 0.2) is 69.7 Å². The third-order valence-corrected chi connectivity index (χ3v) is 5.03. The number of hydrogen-bond donors (Lipinski definition) is 2. The second kappa shape index (κ2) is 7.13. The van der Waals surface area contributed by atoms with Crippen LogP contribution >= 0.6 is 11.3 Å². The fraction of sp³-hybridized carbons (Fsp3) is 0.100. The van der Waals surface area contributed by atoms with Crippen molar-refractivity contribution in [3.05, 3.63) is 77.3 Å². The van der Waals surface area contributed by atoms with Gasteiger partial charge in [0, 0.05) is 5.39 Å². The van der Waals surface area contributed by atoms with Crippen LogP contribution < -0.4 is 10.6 Å². The lowest BCUT2D eigenvalue weighted by Crippen LogP contribution is -2.25. The van der Waals surface area contributed by atoms with E-state index in [4.69, 9.17) is 8.83 Å². The highest BCUT2D eigenvalue weighted by atomic mass is 32.1. The highest BCUT2D eigenvalue weighted by Crippen LogP contribution is 2.26. The normalized spacial score (nSPS) is 12.0. The molecule has 0 saturated carbocycles. The van der Waals surface area contributed by atoms with Crippen molar-refractivity contribution in [1.29, 1.82) is 0 Å². The van der Waals surface area contributed by atoms with Crippen molar-refractivity contribution in [3.8, 4) is 0 Å². The molecule has 0 radical (unpaired) electrons. The number of fused-ring (bicyclic) bond motifs is 1. The molecule has 7 heteroatoms. The lowest BCUT2D eigenvalue weighted by atomic mass is 10.2. The van der Waals surface area contributed by atoms with Crippen molar-refractivity contribution >= 4 is 39.1 Å². The summed E-state index contributed by atoms with van der Waals surface area (Å²) in [5.41, 5.74) is 0.785. The van der Waals surface area contributed by atoms with Crippen LogP contribution in [-0.4, -0.2) is 11.8 Å². The van der Waals surface area contributed by atoms with Gasteiger partial charge in [-0.05, 0) is 43.3 Å². The van der Waals surface area contributed by atoms with Crippen LogP contribution in [0.3, 0.4) is 0 Å². The number of benzene rings is 1. The number of thiophene rings is 1. The molecular weight excluding hydrogens is 364 g/mol. The van der Waals surface area contributed by atoms with Crippen molar-refractivity contribution < 1.29 is 18.4 Å². The molecule has 6 nitrogen and oxygen atoms in total. The van der Waals surface area contributed by atoms with Gasteiger partial charge in [0.05, 0.1) is 22.2 Å². The minimum atomic E-state index is -0.357. The maximum atomic E-state index is 12.5. The molecule has 1 aromatic carbocycles. The molecule has 0 aliphatic rings. The van der Waals surface area contributed by atoms with E-state index in [0.717, 1.165) is 11.0 Å². The number of anilines is 1. The summed E-state index contributed by atoms with van der Waals surface area (Å²) in [5, 5.41) is 7.18. The molecule has 3 aromatic heterocycles. The Labute approximate surface area is 158 Å². The molecule has 0 bridgehead atoms. The first-order valence-electron chi connectivity index (χ1n) is 8.34. The van der Waals surface area contributed by atoms with E-state index in [1.54, 1.807) is 24.3 Å². The monoisotopic (exact) mass is 380 g/mol. The van der Waals surface area contributed by atoms with E-state index in [9.17, 15) is 9.59 Å². The van der Waals surface area contributed by atoms with Gasteiger partial charge in [0.1, 0.15) is 11.3 Å². The van der Waals surface area contributed by atoms with E-state index >= 15 is 0 Å². The van der Waals surface area contributed by atoms with E-state index < -0.39 is 0 Å². The number of para-hydroxylation sites is 1. The van der Waals surface area contributed by atoms with E-state index in [0.29, 0.717) is 15.6 Å². The smallest absolute Gasteiger partial charge is 0.291 e. The summed E-state index contributed by atoms with van der Waals surface area (Å²) in [4.78, 5) is 25.0. The van der Waals surface area contributed by atoms with Crippen LogP contribution in [0, 0.1) is 0 Å². The number of amides is 2. The van der Waals surface area contributed by atoms with Crippen molar-refractivity contribution in [2.75, 3.05) is 5.32 Å². The SMILES string of the molecule is C[C@H](NC(=O)c1ccc(NC(=O)c2ccco2)s1)c1cc2ccccc2o1. The number of carbonyl (C=O) groups excluding carboxylic acids is 2. The molecule has 2 N–H and O–H groups in total. The number of hydrogen-bond acceptors (Lipinski definition) is 5. The second-order valence-electron chi connectivity index (χ2n) is 5.98. The zero-order chi connectivity index (χ0) is 18.8. The van der Waals surface area contributed by atoms with Gasteiger partial charge >= 0.3 is 0 Å². The van der Waals surface area contributed by atoms with Crippen LogP contribution in [0.5, 0.6) is 0 Å². The Morgan fingerprint density at radius 3 is 2.67 bits per heavy atom. The molecular formula is C20H16N2O4S. The number of furan rings is 2. The Morgan fingerprint density at radius 1 is 1.04 bits per heavy atom. The summed E-state index contributed by atoms with van der Waals surface area (Å²) in [6.07, 6.45) is 1.43. The number of carbonyl (C=O) groups is 2. The average molecular weight is 380 g/mol. The third kappa shape index (κ3) is 3.63.